The van der Waals surface area contributed by atoms with Crippen LogP contribution < -0.4 is 20.1 Å². The maximum absolute atomic E-state index is 12.6. The van der Waals surface area contributed by atoms with Crippen LogP contribution in [0.2, 0.25) is 0 Å². The van der Waals surface area contributed by atoms with Crippen LogP contribution in [0, 0.1) is 0 Å². The Hall–Kier alpha value is -4.95. The highest BCUT2D eigenvalue weighted by Crippen LogP contribution is 2.18. The molecule has 4 aromatic carbocycles. The molecule has 46 heavy (non-hydrogen) atoms. The van der Waals surface area contributed by atoms with E-state index in [1.807, 2.05) is 42.5 Å². The van der Waals surface area contributed by atoms with Gasteiger partial charge in [0, 0.05) is 17.8 Å². The predicted molar refractivity (Wildman–Crippen MR) is 179 cm³/mol. The molecule has 0 aliphatic heterocycles. The van der Waals surface area contributed by atoms with Crippen LogP contribution in [-0.4, -0.2) is 37.5 Å². The number of hydrogen-bond donors (Lipinski definition) is 2. The fourth-order valence-electron chi connectivity index (χ4n) is 4.63. The van der Waals surface area contributed by atoms with Crippen molar-refractivity contribution in [2.45, 2.75) is 52.1 Å². The summed E-state index contributed by atoms with van der Waals surface area (Å²) in [5, 5.41) is 5.67. The molecule has 0 atom stereocenters. The maximum Gasteiger partial charge on any atom is 0.343 e. The number of hydrogen-bond acceptors (Lipinski definition) is 6. The molecule has 4 rings (SSSR count). The Kier molecular flexibility index (Phi) is 13.8. The molecule has 0 saturated carbocycles. The minimum absolute atomic E-state index is 0.0659. The highest BCUT2D eigenvalue weighted by Gasteiger charge is 2.10. The van der Waals surface area contributed by atoms with Crippen molar-refractivity contribution in [3.63, 3.8) is 0 Å². The first-order valence-electron chi connectivity index (χ1n) is 15.8. The summed E-state index contributed by atoms with van der Waals surface area (Å²) in [6.07, 6.45) is 6.50. The summed E-state index contributed by atoms with van der Waals surface area (Å²) in [6, 6.07) is 30.5. The van der Waals surface area contributed by atoms with Gasteiger partial charge < -0.3 is 24.8 Å². The highest BCUT2D eigenvalue weighted by molar-refractivity contribution is 5.96. The van der Waals surface area contributed by atoms with Gasteiger partial charge in [0.15, 0.2) is 0 Å². The zero-order chi connectivity index (χ0) is 32.4. The van der Waals surface area contributed by atoms with Crippen LogP contribution in [0.25, 0.3) is 0 Å². The fraction of sp³-hybridized carbons (Fsp3) is 0.289. The Morgan fingerprint density at radius 3 is 2.07 bits per heavy atom. The minimum atomic E-state index is -0.437. The zero-order valence-corrected chi connectivity index (χ0v) is 26.3. The first kappa shape index (κ1) is 33.9. The van der Waals surface area contributed by atoms with Crippen molar-refractivity contribution in [3.8, 4) is 11.5 Å². The van der Waals surface area contributed by atoms with Crippen LogP contribution in [-0.2, 0) is 22.6 Å². The minimum Gasteiger partial charge on any atom is -0.494 e. The van der Waals surface area contributed by atoms with Crippen LogP contribution in [0.15, 0.2) is 103 Å². The largest absolute Gasteiger partial charge is 0.494 e. The van der Waals surface area contributed by atoms with Crippen LogP contribution in [0.4, 0.5) is 5.69 Å². The van der Waals surface area contributed by atoms with Crippen LogP contribution >= 0.6 is 0 Å². The molecule has 0 aliphatic rings. The number of carbonyl (C=O) groups excluding carboxylic acids is 3. The molecule has 4 aromatic rings. The molecular weight excluding hydrogens is 580 g/mol. The number of nitrogens with one attached hydrogen (secondary N) is 2. The van der Waals surface area contributed by atoms with Gasteiger partial charge in [-0.3, -0.25) is 9.59 Å². The molecule has 0 spiro atoms. The van der Waals surface area contributed by atoms with Crippen molar-refractivity contribution >= 4 is 23.5 Å². The van der Waals surface area contributed by atoms with E-state index in [1.54, 1.807) is 60.7 Å². The van der Waals surface area contributed by atoms with Gasteiger partial charge in [-0.05, 0) is 84.6 Å². The molecule has 8 heteroatoms. The van der Waals surface area contributed by atoms with Gasteiger partial charge in [-0.25, -0.2) is 4.79 Å². The van der Waals surface area contributed by atoms with Gasteiger partial charge in [0.25, 0.3) is 5.91 Å². The quantitative estimate of drug-likeness (QED) is 0.0682. The van der Waals surface area contributed by atoms with Crippen LogP contribution in [0.3, 0.4) is 0 Å². The lowest BCUT2D eigenvalue weighted by atomic mass is 10.1. The molecule has 0 bridgehead atoms. The third-order valence-electron chi connectivity index (χ3n) is 7.22. The Labute approximate surface area is 271 Å². The number of rotatable bonds is 18. The number of unbranched alkanes of at least 4 members (excludes halogenated alkanes) is 4. The van der Waals surface area contributed by atoms with Gasteiger partial charge in [0.1, 0.15) is 18.1 Å². The molecule has 0 heterocycles. The van der Waals surface area contributed by atoms with Crippen molar-refractivity contribution in [1.29, 1.82) is 0 Å². The number of carbonyl (C=O) groups is 3. The molecule has 0 radical (unpaired) electrons. The molecule has 2 amide bonds. The third kappa shape index (κ3) is 11.9. The van der Waals surface area contributed by atoms with E-state index in [0.29, 0.717) is 48.7 Å². The molecular formula is C38H42N2O6. The van der Waals surface area contributed by atoms with Gasteiger partial charge in [0.2, 0.25) is 5.91 Å². The van der Waals surface area contributed by atoms with Gasteiger partial charge in [-0.2, -0.15) is 0 Å². The lowest BCUT2D eigenvalue weighted by molar-refractivity contribution is -0.121. The van der Waals surface area contributed by atoms with Crippen molar-refractivity contribution in [3.05, 3.63) is 125 Å². The van der Waals surface area contributed by atoms with Gasteiger partial charge in [0.05, 0.1) is 18.8 Å². The third-order valence-corrected chi connectivity index (χ3v) is 7.22. The van der Waals surface area contributed by atoms with Crippen molar-refractivity contribution in [2.24, 2.45) is 0 Å². The zero-order valence-electron chi connectivity index (χ0n) is 26.3. The van der Waals surface area contributed by atoms with Gasteiger partial charge in [-0.1, -0.05) is 75.1 Å². The second kappa shape index (κ2) is 18.8. The fourth-order valence-corrected chi connectivity index (χ4v) is 4.63. The summed E-state index contributed by atoms with van der Waals surface area (Å²) in [5.41, 5.74) is 3.51. The second-order valence-corrected chi connectivity index (χ2v) is 10.9. The number of benzene rings is 4. The Bertz CT molecular complexity index is 1500. The topological polar surface area (TPSA) is 103 Å². The summed E-state index contributed by atoms with van der Waals surface area (Å²) in [4.78, 5) is 37.3. The van der Waals surface area contributed by atoms with E-state index in [9.17, 15) is 14.4 Å². The Morgan fingerprint density at radius 1 is 0.674 bits per heavy atom. The molecule has 0 aliphatic carbocycles. The van der Waals surface area contributed by atoms with Gasteiger partial charge in [-0.15, -0.1) is 0 Å². The average molecular weight is 623 g/mol. The average Bonchev–Trinajstić information content (AvgIpc) is 3.08. The number of esters is 1. The predicted octanol–water partition coefficient (Wildman–Crippen LogP) is 7.38. The Morgan fingerprint density at radius 2 is 1.35 bits per heavy atom. The van der Waals surface area contributed by atoms with Crippen molar-refractivity contribution in [1.82, 2.24) is 5.32 Å². The first-order valence-corrected chi connectivity index (χ1v) is 15.8. The summed E-state index contributed by atoms with van der Waals surface area (Å²) in [5.74, 6) is 0.272. The standard InChI is InChI=1S/C38H42N2O6/c1-2-3-4-5-9-26-45-34-22-16-32(17-23-34)38(43)46-35-20-12-29(13-21-35)24-25-39-37(42)31-14-18-33(19-15-31)40-36(41)28-44-27-30-10-7-6-8-11-30/h6-8,10-23H,2-5,9,24-28H2,1H3,(H,39,42)(H,40,41). The van der Waals surface area contributed by atoms with E-state index in [1.165, 1.54) is 19.3 Å². The summed E-state index contributed by atoms with van der Waals surface area (Å²) in [6.45, 7) is 3.59. The van der Waals surface area contributed by atoms with E-state index in [-0.39, 0.29) is 18.4 Å². The van der Waals surface area contributed by atoms with E-state index < -0.39 is 5.97 Å². The molecule has 8 nitrogen and oxygen atoms in total. The second-order valence-electron chi connectivity index (χ2n) is 10.9. The summed E-state index contributed by atoms with van der Waals surface area (Å²) in [7, 11) is 0. The lowest BCUT2D eigenvalue weighted by Gasteiger charge is -2.09. The summed E-state index contributed by atoms with van der Waals surface area (Å²) < 4.78 is 16.7. The molecule has 2 N–H and O–H groups in total. The van der Waals surface area contributed by atoms with E-state index in [2.05, 4.69) is 17.6 Å². The molecule has 0 unspecified atom stereocenters. The van der Waals surface area contributed by atoms with E-state index in [4.69, 9.17) is 14.2 Å². The monoisotopic (exact) mass is 622 g/mol. The molecule has 0 fully saturated rings. The number of anilines is 1. The van der Waals surface area contributed by atoms with Gasteiger partial charge >= 0.3 is 5.97 Å². The molecule has 0 aromatic heterocycles. The SMILES string of the molecule is CCCCCCCOc1ccc(C(=O)Oc2ccc(CCNC(=O)c3ccc(NC(=O)COCc4ccccc4)cc3)cc2)cc1. The first-order chi connectivity index (χ1) is 22.5. The highest BCUT2D eigenvalue weighted by atomic mass is 16.5. The van der Waals surface area contributed by atoms with Crippen LogP contribution in [0.1, 0.15) is 70.9 Å². The van der Waals surface area contributed by atoms with E-state index >= 15 is 0 Å². The smallest absolute Gasteiger partial charge is 0.343 e. The Balaban J connectivity index is 1.12. The van der Waals surface area contributed by atoms with E-state index in [0.717, 1.165) is 29.7 Å². The summed E-state index contributed by atoms with van der Waals surface area (Å²) >= 11 is 0. The number of amides is 2. The lowest BCUT2D eigenvalue weighted by Crippen LogP contribution is -2.25. The molecule has 240 valence electrons. The number of ether oxygens (including phenoxy) is 3. The van der Waals surface area contributed by atoms with Crippen molar-refractivity contribution in [2.75, 3.05) is 25.1 Å². The molecule has 0 saturated heterocycles. The van der Waals surface area contributed by atoms with Crippen LogP contribution in [0.5, 0.6) is 11.5 Å². The van der Waals surface area contributed by atoms with Crippen molar-refractivity contribution < 1.29 is 28.6 Å². The maximum atomic E-state index is 12.6. The normalized spacial score (nSPS) is 10.6.